The van der Waals surface area contributed by atoms with Crippen LogP contribution in [0.4, 0.5) is 0 Å². The van der Waals surface area contributed by atoms with Crippen molar-refractivity contribution in [1.29, 1.82) is 0 Å². The smallest absolute Gasteiger partial charge is 0.289 e. The molecule has 0 spiro atoms. The third-order valence-corrected chi connectivity index (χ3v) is 4.22. The van der Waals surface area contributed by atoms with E-state index in [0.717, 1.165) is 27.7 Å². The number of hydrogen-bond donors (Lipinski definition) is 2. The Morgan fingerprint density at radius 2 is 1.96 bits per heavy atom. The topological polar surface area (TPSA) is 83.3 Å². The Kier molecular flexibility index (Phi) is 4.84. The monoisotopic (exact) mass is 370 g/mol. The number of rotatable bonds is 5. The number of nitrogens with one attached hydrogen (secondary N) is 2. The Bertz CT molecular complexity index is 1170. The summed E-state index contributed by atoms with van der Waals surface area (Å²) in [5.74, 6) is 0.366. The molecule has 2 aromatic carbocycles. The molecule has 0 aliphatic heterocycles. The first-order chi connectivity index (χ1) is 13.7. The number of allylic oxidation sites excluding steroid dienone is 1. The first-order valence-corrected chi connectivity index (χ1v) is 8.79. The fourth-order valence-electron chi connectivity index (χ4n) is 2.82. The number of H-pyrrole nitrogens is 1. The van der Waals surface area contributed by atoms with Gasteiger partial charge in [0.2, 0.25) is 0 Å². The minimum Gasteiger partial charge on any atom is -0.465 e. The second kappa shape index (κ2) is 7.75. The van der Waals surface area contributed by atoms with Crippen molar-refractivity contribution in [2.75, 3.05) is 0 Å². The van der Waals surface area contributed by atoms with Crippen LogP contribution in [0.1, 0.15) is 23.2 Å². The van der Waals surface area contributed by atoms with Crippen LogP contribution in [0.15, 0.2) is 82.0 Å². The van der Waals surface area contributed by atoms with E-state index in [4.69, 9.17) is 4.42 Å². The molecule has 6 nitrogen and oxygen atoms in total. The Morgan fingerprint density at radius 1 is 1.11 bits per heavy atom. The second-order valence-corrected chi connectivity index (χ2v) is 6.33. The standard InChI is InChI=1S/C22H18N4O2/c1-15(11-19-7-4-10-28-19)14-23-26-22(27)21-13-20(24-25-21)18-9-8-16-5-2-3-6-17(16)12-18/h2-14H,1H3,(H,24,25)(H,26,27)/b15-11+,23-14-. The van der Waals surface area contributed by atoms with Crippen molar-refractivity contribution in [1.82, 2.24) is 15.6 Å². The van der Waals surface area contributed by atoms with Crippen molar-refractivity contribution in [2.45, 2.75) is 6.92 Å². The van der Waals surface area contributed by atoms with E-state index >= 15 is 0 Å². The highest BCUT2D eigenvalue weighted by Crippen LogP contribution is 2.23. The molecule has 2 heterocycles. The molecule has 0 radical (unpaired) electrons. The number of hydrogen-bond acceptors (Lipinski definition) is 4. The lowest BCUT2D eigenvalue weighted by molar-refractivity contribution is 0.0950. The van der Waals surface area contributed by atoms with Crippen molar-refractivity contribution >= 4 is 29.0 Å². The summed E-state index contributed by atoms with van der Waals surface area (Å²) in [5.41, 5.74) is 5.32. The van der Waals surface area contributed by atoms with Crippen LogP contribution in [-0.4, -0.2) is 22.3 Å². The van der Waals surface area contributed by atoms with E-state index < -0.39 is 0 Å². The molecule has 0 saturated heterocycles. The summed E-state index contributed by atoms with van der Waals surface area (Å²) < 4.78 is 5.23. The van der Waals surface area contributed by atoms with Gasteiger partial charge in [-0.15, -0.1) is 0 Å². The van der Waals surface area contributed by atoms with Gasteiger partial charge in [-0.1, -0.05) is 36.4 Å². The first-order valence-electron chi connectivity index (χ1n) is 8.79. The highest BCUT2D eigenvalue weighted by Gasteiger charge is 2.10. The van der Waals surface area contributed by atoms with Crippen molar-refractivity contribution in [3.63, 3.8) is 0 Å². The molecule has 28 heavy (non-hydrogen) atoms. The highest BCUT2D eigenvalue weighted by molar-refractivity contribution is 5.95. The first kappa shape index (κ1) is 17.5. The van der Waals surface area contributed by atoms with E-state index in [0.29, 0.717) is 11.4 Å². The predicted octanol–water partition coefficient (Wildman–Crippen LogP) is 4.64. The molecule has 0 saturated carbocycles. The third-order valence-electron chi connectivity index (χ3n) is 4.22. The summed E-state index contributed by atoms with van der Waals surface area (Å²) in [7, 11) is 0. The van der Waals surface area contributed by atoms with Crippen LogP contribution in [0.3, 0.4) is 0 Å². The van der Waals surface area contributed by atoms with E-state index in [2.05, 4.69) is 26.8 Å². The van der Waals surface area contributed by atoms with Gasteiger partial charge in [0.25, 0.3) is 5.91 Å². The number of carbonyl (C=O) groups excluding carboxylic acids is 1. The lowest BCUT2D eigenvalue weighted by atomic mass is 10.1. The van der Waals surface area contributed by atoms with Gasteiger partial charge in [0.05, 0.1) is 18.2 Å². The molecule has 0 atom stereocenters. The summed E-state index contributed by atoms with van der Waals surface area (Å²) in [4.78, 5) is 12.3. The van der Waals surface area contributed by atoms with Gasteiger partial charge in [-0.25, -0.2) is 5.43 Å². The van der Waals surface area contributed by atoms with Crippen LogP contribution >= 0.6 is 0 Å². The van der Waals surface area contributed by atoms with Crippen LogP contribution < -0.4 is 5.43 Å². The normalized spacial score (nSPS) is 12.0. The minimum atomic E-state index is -0.360. The molecule has 4 aromatic rings. The second-order valence-electron chi connectivity index (χ2n) is 6.33. The van der Waals surface area contributed by atoms with Gasteiger partial charge in [-0.05, 0) is 53.6 Å². The lowest BCUT2D eigenvalue weighted by Crippen LogP contribution is -2.17. The third kappa shape index (κ3) is 3.91. The van der Waals surface area contributed by atoms with Crippen LogP contribution in [0, 0.1) is 0 Å². The molecule has 0 bridgehead atoms. The van der Waals surface area contributed by atoms with Gasteiger partial charge in [-0.3, -0.25) is 9.89 Å². The van der Waals surface area contributed by atoms with Crippen LogP contribution in [0.2, 0.25) is 0 Å². The Labute approximate surface area is 161 Å². The number of aromatic nitrogens is 2. The molecular weight excluding hydrogens is 352 g/mol. The molecule has 2 aromatic heterocycles. The Hall–Kier alpha value is -3.93. The van der Waals surface area contributed by atoms with E-state index in [-0.39, 0.29) is 5.91 Å². The molecule has 4 rings (SSSR count). The van der Waals surface area contributed by atoms with Gasteiger partial charge in [0, 0.05) is 5.56 Å². The SMILES string of the molecule is CC(/C=N\NC(=O)c1cc(-c2ccc3ccccc3c2)n[nH]1)=C\c1ccco1. The maximum Gasteiger partial charge on any atom is 0.289 e. The van der Waals surface area contributed by atoms with Crippen molar-refractivity contribution in [2.24, 2.45) is 5.10 Å². The molecule has 0 aliphatic rings. The fourth-order valence-corrected chi connectivity index (χ4v) is 2.82. The molecule has 0 unspecified atom stereocenters. The number of amides is 1. The van der Waals surface area contributed by atoms with Gasteiger partial charge < -0.3 is 4.42 Å². The van der Waals surface area contributed by atoms with E-state index in [1.807, 2.05) is 61.5 Å². The van der Waals surface area contributed by atoms with Crippen molar-refractivity contribution in [3.05, 3.63) is 84.0 Å². The van der Waals surface area contributed by atoms with Gasteiger partial charge in [-0.2, -0.15) is 10.2 Å². The molecule has 0 aliphatic carbocycles. The van der Waals surface area contributed by atoms with E-state index in [1.165, 1.54) is 0 Å². The van der Waals surface area contributed by atoms with Crippen molar-refractivity contribution < 1.29 is 9.21 Å². The van der Waals surface area contributed by atoms with Crippen LogP contribution in [-0.2, 0) is 0 Å². The number of carbonyl (C=O) groups is 1. The number of benzene rings is 2. The molecule has 6 heteroatoms. The minimum absolute atomic E-state index is 0.341. The summed E-state index contributed by atoms with van der Waals surface area (Å²) in [6, 6.07) is 19.5. The number of nitrogens with zero attached hydrogens (tertiary/aromatic N) is 2. The number of aromatic amines is 1. The number of hydrazone groups is 1. The average Bonchev–Trinajstić information content (AvgIpc) is 3.39. The fraction of sp³-hybridized carbons (Fsp3) is 0.0455. The van der Waals surface area contributed by atoms with E-state index in [1.54, 1.807) is 18.5 Å². The van der Waals surface area contributed by atoms with Gasteiger partial charge in [0.15, 0.2) is 0 Å². The van der Waals surface area contributed by atoms with Crippen LogP contribution in [0.5, 0.6) is 0 Å². The highest BCUT2D eigenvalue weighted by atomic mass is 16.3. The van der Waals surface area contributed by atoms with Gasteiger partial charge >= 0.3 is 0 Å². The zero-order valence-electron chi connectivity index (χ0n) is 15.2. The summed E-state index contributed by atoms with van der Waals surface area (Å²) in [5, 5.41) is 13.3. The van der Waals surface area contributed by atoms with E-state index in [9.17, 15) is 4.79 Å². The zero-order chi connectivity index (χ0) is 19.3. The molecule has 2 N–H and O–H groups in total. The number of furan rings is 1. The molecular formula is C22H18N4O2. The lowest BCUT2D eigenvalue weighted by Gasteiger charge is -2.00. The predicted molar refractivity (Wildman–Crippen MR) is 110 cm³/mol. The van der Waals surface area contributed by atoms with Crippen molar-refractivity contribution in [3.8, 4) is 11.3 Å². The maximum atomic E-state index is 12.3. The molecule has 1 amide bonds. The largest absolute Gasteiger partial charge is 0.465 e. The summed E-state index contributed by atoms with van der Waals surface area (Å²) >= 11 is 0. The molecule has 0 fully saturated rings. The maximum absolute atomic E-state index is 12.3. The quantitative estimate of drug-likeness (QED) is 0.396. The summed E-state index contributed by atoms with van der Waals surface area (Å²) in [6.45, 7) is 1.87. The average molecular weight is 370 g/mol. The summed E-state index contributed by atoms with van der Waals surface area (Å²) in [6.07, 6.45) is 4.98. The zero-order valence-corrected chi connectivity index (χ0v) is 15.2. The number of fused-ring (bicyclic) bond motifs is 1. The van der Waals surface area contributed by atoms with Crippen LogP contribution in [0.25, 0.3) is 28.1 Å². The Balaban J connectivity index is 1.44. The Morgan fingerprint density at radius 3 is 2.79 bits per heavy atom. The van der Waals surface area contributed by atoms with Gasteiger partial charge in [0.1, 0.15) is 11.5 Å². The molecule has 138 valence electrons.